The van der Waals surface area contributed by atoms with Gasteiger partial charge in [0, 0.05) is 29.2 Å². The van der Waals surface area contributed by atoms with Crippen LogP contribution in [0, 0.1) is 13.8 Å². The summed E-state index contributed by atoms with van der Waals surface area (Å²) in [4.78, 5) is 31.3. The van der Waals surface area contributed by atoms with Crippen LogP contribution in [0.15, 0.2) is 18.2 Å². The quantitative estimate of drug-likeness (QED) is 0.525. The van der Waals surface area contributed by atoms with Crippen LogP contribution in [-0.4, -0.2) is 48.9 Å². The predicted octanol–water partition coefficient (Wildman–Crippen LogP) is 3.51. The summed E-state index contributed by atoms with van der Waals surface area (Å²) in [7, 11) is 4.06. The second-order valence-corrected chi connectivity index (χ2v) is 8.60. The van der Waals surface area contributed by atoms with Crippen LogP contribution in [0.1, 0.15) is 57.7 Å². The Balaban J connectivity index is 1.69. The summed E-state index contributed by atoms with van der Waals surface area (Å²) in [5, 5.41) is 6.06. The number of rotatable bonds is 5. The minimum absolute atomic E-state index is 0.0258. The first-order valence-corrected chi connectivity index (χ1v) is 10.7. The SMILES string of the molecule is Cc1ccc2c(c1)/C(=C1\CCCc3c1[nH]c(C)c3C(=O)NCCCN(C)C)C(=O)N2. The highest BCUT2D eigenvalue weighted by Crippen LogP contribution is 2.43. The molecule has 2 aliphatic rings. The topological polar surface area (TPSA) is 77.2 Å². The molecule has 1 aromatic carbocycles. The molecule has 30 heavy (non-hydrogen) atoms. The summed E-state index contributed by atoms with van der Waals surface area (Å²) in [6.45, 7) is 5.57. The van der Waals surface area contributed by atoms with Gasteiger partial charge in [-0.3, -0.25) is 9.59 Å². The molecule has 0 bridgehead atoms. The Morgan fingerprint density at radius 3 is 2.77 bits per heavy atom. The summed E-state index contributed by atoms with van der Waals surface area (Å²) >= 11 is 0. The molecule has 3 N–H and O–H groups in total. The van der Waals surface area contributed by atoms with Gasteiger partial charge in [-0.2, -0.15) is 0 Å². The van der Waals surface area contributed by atoms with Crippen molar-refractivity contribution in [1.82, 2.24) is 15.2 Å². The standard InChI is InChI=1S/C24H30N4O2/c1-14-9-10-19-18(13-14)21(24(30)27-19)17-8-5-7-16-20(15(2)26-22(16)17)23(29)25-11-6-12-28(3)4/h9-10,13,26H,5-8,11-12H2,1-4H3,(H,25,29)(H,27,30)/b21-17-. The fourth-order valence-corrected chi connectivity index (χ4v) is 4.57. The molecule has 0 unspecified atom stereocenters. The average Bonchev–Trinajstić information content (AvgIpc) is 3.20. The number of hydrogen-bond donors (Lipinski definition) is 3. The lowest BCUT2D eigenvalue weighted by molar-refractivity contribution is -0.110. The highest BCUT2D eigenvalue weighted by Gasteiger charge is 2.32. The number of benzene rings is 1. The van der Waals surface area contributed by atoms with Crippen LogP contribution in [0.3, 0.4) is 0 Å². The van der Waals surface area contributed by atoms with E-state index < -0.39 is 0 Å². The molecule has 2 amide bonds. The molecule has 2 heterocycles. The molecular formula is C24H30N4O2. The van der Waals surface area contributed by atoms with Crippen LogP contribution in [0.5, 0.6) is 0 Å². The molecule has 2 aromatic rings. The second-order valence-electron chi connectivity index (χ2n) is 8.60. The number of nitrogens with one attached hydrogen (secondary N) is 3. The lowest BCUT2D eigenvalue weighted by Gasteiger charge is -2.18. The van der Waals surface area contributed by atoms with Crippen molar-refractivity contribution in [3.63, 3.8) is 0 Å². The van der Waals surface area contributed by atoms with E-state index in [9.17, 15) is 9.59 Å². The Kier molecular flexibility index (Phi) is 5.52. The van der Waals surface area contributed by atoms with E-state index >= 15 is 0 Å². The van der Waals surface area contributed by atoms with Crippen molar-refractivity contribution in [3.8, 4) is 0 Å². The number of aromatic nitrogens is 1. The van der Waals surface area contributed by atoms with E-state index in [4.69, 9.17) is 0 Å². The van der Waals surface area contributed by atoms with E-state index in [1.807, 2.05) is 40.1 Å². The first kappa shape index (κ1) is 20.4. The van der Waals surface area contributed by atoms with E-state index in [1.165, 1.54) is 0 Å². The normalized spacial score (nSPS) is 17.7. The highest BCUT2D eigenvalue weighted by atomic mass is 16.2. The minimum atomic E-state index is -0.0552. The number of carbonyl (C=O) groups is 2. The number of allylic oxidation sites excluding steroid dienone is 1. The van der Waals surface area contributed by atoms with Gasteiger partial charge in [-0.25, -0.2) is 0 Å². The molecule has 1 aromatic heterocycles. The van der Waals surface area contributed by atoms with Gasteiger partial charge in [0.05, 0.1) is 11.1 Å². The van der Waals surface area contributed by atoms with E-state index in [2.05, 4.69) is 26.6 Å². The molecule has 6 heteroatoms. The molecular weight excluding hydrogens is 376 g/mol. The molecule has 0 saturated heterocycles. The Hall–Kier alpha value is -2.86. The van der Waals surface area contributed by atoms with Gasteiger partial charge in [-0.1, -0.05) is 11.6 Å². The molecule has 0 saturated carbocycles. The number of H-pyrrole nitrogens is 1. The Morgan fingerprint density at radius 2 is 2.00 bits per heavy atom. The molecule has 158 valence electrons. The Bertz CT molecular complexity index is 1050. The summed E-state index contributed by atoms with van der Waals surface area (Å²) < 4.78 is 0. The Labute approximate surface area is 177 Å². The zero-order valence-corrected chi connectivity index (χ0v) is 18.2. The van der Waals surface area contributed by atoms with Gasteiger partial charge in [-0.15, -0.1) is 0 Å². The fourth-order valence-electron chi connectivity index (χ4n) is 4.57. The maximum Gasteiger partial charge on any atom is 0.256 e. The largest absolute Gasteiger partial charge is 0.358 e. The molecule has 0 atom stereocenters. The van der Waals surface area contributed by atoms with Gasteiger partial charge in [0.25, 0.3) is 11.8 Å². The van der Waals surface area contributed by atoms with Crippen LogP contribution in [-0.2, 0) is 11.2 Å². The van der Waals surface area contributed by atoms with Crippen LogP contribution < -0.4 is 10.6 Å². The monoisotopic (exact) mass is 406 g/mol. The number of hydrogen-bond acceptors (Lipinski definition) is 3. The lowest BCUT2D eigenvalue weighted by Crippen LogP contribution is -2.28. The summed E-state index contributed by atoms with van der Waals surface area (Å²) in [6, 6.07) is 6.04. The molecule has 0 fully saturated rings. The first-order chi connectivity index (χ1) is 14.4. The number of aryl methyl sites for hydroxylation is 2. The van der Waals surface area contributed by atoms with Gasteiger partial charge in [-0.05, 0) is 83.4 Å². The average molecular weight is 407 g/mol. The van der Waals surface area contributed by atoms with Crippen molar-refractivity contribution < 1.29 is 9.59 Å². The van der Waals surface area contributed by atoms with Crippen LogP contribution in [0.25, 0.3) is 11.1 Å². The van der Waals surface area contributed by atoms with Crippen molar-refractivity contribution in [2.24, 2.45) is 0 Å². The maximum atomic E-state index is 12.9. The third-order valence-electron chi connectivity index (χ3n) is 5.96. The van der Waals surface area contributed by atoms with Crippen molar-refractivity contribution >= 4 is 28.6 Å². The first-order valence-electron chi connectivity index (χ1n) is 10.7. The van der Waals surface area contributed by atoms with Gasteiger partial charge < -0.3 is 20.5 Å². The summed E-state index contributed by atoms with van der Waals surface area (Å²) in [5.41, 5.74) is 8.33. The third kappa shape index (κ3) is 3.67. The van der Waals surface area contributed by atoms with Gasteiger partial charge in [0.1, 0.15) is 0 Å². The van der Waals surface area contributed by atoms with Crippen LogP contribution in [0.2, 0.25) is 0 Å². The Morgan fingerprint density at radius 1 is 1.20 bits per heavy atom. The van der Waals surface area contributed by atoms with E-state index in [0.29, 0.717) is 6.54 Å². The number of nitrogens with zero attached hydrogens (tertiary/aromatic N) is 1. The molecule has 1 aliphatic carbocycles. The molecule has 4 rings (SSSR count). The van der Waals surface area contributed by atoms with Crippen molar-refractivity contribution in [2.45, 2.75) is 39.5 Å². The predicted molar refractivity (Wildman–Crippen MR) is 121 cm³/mol. The smallest absolute Gasteiger partial charge is 0.256 e. The van der Waals surface area contributed by atoms with E-state index in [1.54, 1.807) is 0 Å². The number of fused-ring (bicyclic) bond motifs is 2. The molecule has 0 spiro atoms. The fraction of sp³-hybridized carbons (Fsp3) is 0.417. The van der Waals surface area contributed by atoms with Gasteiger partial charge in [0.2, 0.25) is 0 Å². The molecule has 0 radical (unpaired) electrons. The van der Waals surface area contributed by atoms with Crippen LogP contribution in [0.4, 0.5) is 5.69 Å². The lowest BCUT2D eigenvalue weighted by atomic mass is 9.85. The molecule has 6 nitrogen and oxygen atoms in total. The number of anilines is 1. The zero-order valence-electron chi connectivity index (χ0n) is 18.2. The van der Waals surface area contributed by atoms with E-state index in [0.717, 1.165) is 82.7 Å². The van der Waals surface area contributed by atoms with Crippen LogP contribution >= 0.6 is 0 Å². The van der Waals surface area contributed by atoms with Crippen molar-refractivity contribution in [3.05, 3.63) is 51.8 Å². The number of aromatic amines is 1. The number of carbonyl (C=O) groups excluding carboxylic acids is 2. The van der Waals surface area contributed by atoms with Crippen molar-refractivity contribution in [2.75, 3.05) is 32.5 Å². The molecule has 1 aliphatic heterocycles. The number of amides is 2. The van der Waals surface area contributed by atoms with Crippen molar-refractivity contribution in [1.29, 1.82) is 0 Å². The van der Waals surface area contributed by atoms with Gasteiger partial charge in [0.15, 0.2) is 0 Å². The summed E-state index contributed by atoms with van der Waals surface area (Å²) in [6.07, 6.45) is 3.51. The second kappa shape index (κ2) is 8.11. The van der Waals surface area contributed by atoms with E-state index in [-0.39, 0.29) is 11.8 Å². The van der Waals surface area contributed by atoms with Gasteiger partial charge >= 0.3 is 0 Å². The zero-order chi connectivity index (χ0) is 21.4. The highest BCUT2D eigenvalue weighted by molar-refractivity contribution is 6.37. The summed E-state index contributed by atoms with van der Waals surface area (Å²) in [5.74, 6) is -0.0810. The maximum absolute atomic E-state index is 12.9. The third-order valence-corrected chi connectivity index (χ3v) is 5.96. The minimum Gasteiger partial charge on any atom is -0.358 e.